The Bertz CT molecular complexity index is 447. The molecule has 0 saturated heterocycles. The summed E-state index contributed by atoms with van der Waals surface area (Å²) in [6, 6.07) is 5.93. The Kier molecular flexibility index (Phi) is 5.22. The Morgan fingerprint density at radius 1 is 1.42 bits per heavy atom. The first-order chi connectivity index (χ1) is 9.20. The fourth-order valence-corrected chi connectivity index (χ4v) is 2.28. The van der Waals surface area contributed by atoms with E-state index in [1.807, 2.05) is 18.2 Å². The summed E-state index contributed by atoms with van der Waals surface area (Å²) in [6.07, 6.45) is 2.10. The monoisotopic (exact) mass is 326 g/mol. The van der Waals surface area contributed by atoms with Crippen molar-refractivity contribution >= 4 is 21.8 Å². The van der Waals surface area contributed by atoms with E-state index in [9.17, 15) is 4.79 Å². The second-order valence-corrected chi connectivity index (χ2v) is 5.61. The highest BCUT2D eigenvalue weighted by Gasteiger charge is 2.28. The van der Waals surface area contributed by atoms with Gasteiger partial charge in [-0.2, -0.15) is 0 Å². The van der Waals surface area contributed by atoms with Crippen molar-refractivity contribution in [2.45, 2.75) is 19.4 Å². The number of halogens is 1. The molecule has 1 aromatic rings. The molecule has 19 heavy (non-hydrogen) atoms. The molecule has 0 aromatic heterocycles. The van der Waals surface area contributed by atoms with Gasteiger partial charge >= 0.3 is 0 Å². The van der Waals surface area contributed by atoms with Crippen LogP contribution in [0, 0.1) is 5.92 Å². The number of nitrogens with one attached hydrogen (secondary N) is 2. The number of amides is 1. The predicted molar refractivity (Wildman–Crippen MR) is 78.1 cm³/mol. The van der Waals surface area contributed by atoms with E-state index in [-0.39, 0.29) is 11.8 Å². The molecule has 104 valence electrons. The molecule has 0 spiro atoms. The first-order valence-corrected chi connectivity index (χ1v) is 7.31. The summed E-state index contributed by atoms with van der Waals surface area (Å²) in [7, 11) is 1.67. The van der Waals surface area contributed by atoms with Crippen LogP contribution in [0.25, 0.3) is 0 Å². The summed E-state index contributed by atoms with van der Waals surface area (Å²) in [5, 5.41) is 6.23. The molecule has 0 radical (unpaired) electrons. The van der Waals surface area contributed by atoms with Crippen LogP contribution in [0.5, 0.6) is 5.75 Å². The van der Waals surface area contributed by atoms with Crippen molar-refractivity contribution in [2.75, 3.05) is 20.2 Å². The van der Waals surface area contributed by atoms with E-state index in [0.717, 1.165) is 41.7 Å². The maximum Gasteiger partial charge on any atom is 0.223 e. The summed E-state index contributed by atoms with van der Waals surface area (Å²) >= 11 is 3.45. The highest BCUT2D eigenvalue weighted by Crippen LogP contribution is 2.28. The zero-order chi connectivity index (χ0) is 13.7. The molecule has 0 bridgehead atoms. The van der Waals surface area contributed by atoms with Crippen LogP contribution in [0.4, 0.5) is 0 Å². The maximum absolute atomic E-state index is 11.4. The zero-order valence-corrected chi connectivity index (χ0v) is 12.6. The summed E-state index contributed by atoms with van der Waals surface area (Å²) < 4.78 is 6.34. The van der Waals surface area contributed by atoms with E-state index >= 15 is 0 Å². The molecule has 1 amide bonds. The lowest BCUT2D eigenvalue weighted by Crippen LogP contribution is -2.32. The summed E-state index contributed by atoms with van der Waals surface area (Å²) in [5.74, 6) is 1.35. The molecular weight excluding hydrogens is 308 g/mol. The smallest absolute Gasteiger partial charge is 0.223 e. The third-order valence-corrected chi connectivity index (χ3v) is 3.60. The van der Waals surface area contributed by atoms with Gasteiger partial charge in [-0.25, -0.2) is 0 Å². The quantitative estimate of drug-likeness (QED) is 0.754. The molecule has 1 aliphatic rings. The number of carbonyl (C=O) groups excluding carboxylic acids is 1. The van der Waals surface area contributed by atoms with Crippen molar-refractivity contribution in [2.24, 2.45) is 5.92 Å². The first-order valence-electron chi connectivity index (χ1n) is 6.51. The van der Waals surface area contributed by atoms with Crippen LogP contribution in [-0.2, 0) is 11.3 Å². The lowest BCUT2D eigenvalue weighted by molar-refractivity contribution is -0.122. The van der Waals surface area contributed by atoms with Gasteiger partial charge in [-0.15, -0.1) is 0 Å². The molecule has 0 atom stereocenters. The molecule has 2 N–H and O–H groups in total. The van der Waals surface area contributed by atoms with Crippen LogP contribution >= 0.6 is 15.9 Å². The maximum atomic E-state index is 11.4. The third-order valence-electron chi connectivity index (χ3n) is 3.11. The molecule has 4 nitrogen and oxygen atoms in total. The number of carbonyl (C=O) groups is 1. The molecule has 1 aliphatic carbocycles. The molecule has 1 saturated carbocycles. The SMILES string of the molecule is COc1ccc(Br)cc1CNCCNC(=O)C1CC1. The summed E-state index contributed by atoms with van der Waals surface area (Å²) in [6.45, 7) is 2.15. The fourth-order valence-electron chi connectivity index (χ4n) is 1.87. The lowest BCUT2D eigenvalue weighted by Gasteiger charge is -2.10. The van der Waals surface area contributed by atoms with Crippen molar-refractivity contribution in [3.8, 4) is 5.75 Å². The summed E-state index contributed by atoms with van der Waals surface area (Å²) in [4.78, 5) is 11.4. The van der Waals surface area contributed by atoms with Gasteiger partial charge in [-0.3, -0.25) is 4.79 Å². The standard InChI is InChI=1S/C14H19BrN2O2/c1-19-13-5-4-12(15)8-11(13)9-16-6-7-17-14(18)10-2-3-10/h4-5,8,10,16H,2-3,6-7,9H2,1H3,(H,17,18). The Morgan fingerprint density at radius 2 is 2.21 bits per heavy atom. The number of hydrogen-bond acceptors (Lipinski definition) is 3. The van der Waals surface area contributed by atoms with E-state index in [1.165, 1.54) is 0 Å². The number of methoxy groups -OCH3 is 1. The Labute approximate surface area is 122 Å². The normalized spacial score (nSPS) is 14.2. The minimum atomic E-state index is 0.196. The topological polar surface area (TPSA) is 50.4 Å². The van der Waals surface area contributed by atoms with Crippen LogP contribution in [0.1, 0.15) is 18.4 Å². The van der Waals surface area contributed by atoms with Crippen molar-refractivity contribution in [1.82, 2.24) is 10.6 Å². The highest BCUT2D eigenvalue weighted by molar-refractivity contribution is 9.10. The van der Waals surface area contributed by atoms with Gasteiger partial charge in [0.05, 0.1) is 7.11 Å². The second kappa shape index (κ2) is 6.91. The van der Waals surface area contributed by atoms with Gasteiger partial charge in [0.15, 0.2) is 0 Å². The van der Waals surface area contributed by atoms with Gasteiger partial charge in [0.2, 0.25) is 5.91 Å². The fraction of sp³-hybridized carbons (Fsp3) is 0.500. The Morgan fingerprint density at radius 3 is 2.89 bits per heavy atom. The molecule has 1 aromatic carbocycles. The highest BCUT2D eigenvalue weighted by atomic mass is 79.9. The van der Waals surface area contributed by atoms with Crippen molar-refractivity contribution in [1.29, 1.82) is 0 Å². The summed E-state index contributed by atoms with van der Waals surface area (Å²) in [5.41, 5.74) is 1.10. The number of benzene rings is 1. The van der Waals surface area contributed by atoms with Crippen LogP contribution in [0.2, 0.25) is 0 Å². The predicted octanol–water partition coefficient (Wildman–Crippen LogP) is 2.07. The number of hydrogen-bond donors (Lipinski definition) is 2. The Balaban J connectivity index is 1.69. The zero-order valence-electron chi connectivity index (χ0n) is 11.0. The van der Waals surface area contributed by atoms with Crippen molar-refractivity contribution in [3.05, 3.63) is 28.2 Å². The van der Waals surface area contributed by atoms with Crippen molar-refractivity contribution < 1.29 is 9.53 Å². The van der Waals surface area contributed by atoms with Crippen LogP contribution in [0.15, 0.2) is 22.7 Å². The second-order valence-electron chi connectivity index (χ2n) is 4.70. The van der Waals surface area contributed by atoms with Gasteiger partial charge in [0, 0.05) is 35.6 Å². The Hall–Kier alpha value is -1.07. The van der Waals surface area contributed by atoms with Gasteiger partial charge in [0.25, 0.3) is 0 Å². The number of rotatable bonds is 7. The van der Waals surface area contributed by atoms with E-state index in [2.05, 4.69) is 26.6 Å². The van der Waals surface area contributed by atoms with Crippen LogP contribution < -0.4 is 15.4 Å². The largest absolute Gasteiger partial charge is 0.496 e. The van der Waals surface area contributed by atoms with Gasteiger partial charge in [0.1, 0.15) is 5.75 Å². The van der Waals surface area contributed by atoms with Gasteiger partial charge in [-0.05, 0) is 31.0 Å². The van der Waals surface area contributed by atoms with E-state index < -0.39 is 0 Å². The minimum Gasteiger partial charge on any atom is -0.496 e. The van der Waals surface area contributed by atoms with E-state index in [4.69, 9.17) is 4.74 Å². The van der Waals surface area contributed by atoms with E-state index in [1.54, 1.807) is 7.11 Å². The number of ether oxygens (including phenoxy) is 1. The van der Waals surface area contributed by atoms with Gasteiger partial charge in [-0.1, -0.05) is 15.9 Å². The molecule has 0 aliphatic heterocycles. The van der Waals surface area contributed by atoms with Crippen LogP contribution in [-0.4, -0.2) is 26.1 Å². The lowest BCUT2D eigenvalue weighted by atomic mass is 10.2. The molecule has 1 fully saturated rings. The minimum absolute atomic E-state index is 0.196. The molecule has 5 heteroatoms. The molecule has 0 heterocycles. The van der Waals surface area contributed by atoms with Gasteiger partial charge < -0.3 is 15.4 Å². The average Bonchev–Trinajstić information content (AvgIpc) is 3.22. The third kappa shape index (κ3) is 4.51. The molecular formula is C14H19BrN2O2. The molecule has 0 unspecified atom stereocenters. The molecule has 2 rings (SSSR count). The average molecular weight is 327 g/mol. The first kappa shape index (κ1) is 14.3. The van der Waals surface area contributed by atoms with E-state index in [0.29, 0.717) is 6.54 Å². The van der Waals surface area contributed by atoms with Crippen molar-refractivity contribution in [3.63, 3.8) is 0 Å². The van der Waals surface area contributed by atoms with Crippen LogP contribution in [0.3, 0.4) is 0 Å².